The molecule has 0 radical (unpaired) electrons. The number of amidine groups is 1. The molecule has 3 aromatic rings. The summed E-state index contributed by atoms with van der Waals surface area (Å²) in [6.45, 7) is 4.54. The van der Waals surface area contributed by atoms with Gasteiger partial charge in [-0.1, -0.05) is 11.8 Å². The molecule has 3 rings (SSSR count). The molecule has 0 unspecified atom stereocenters. The first kappa shape index (κ1) is 17.8. The second-order valence-electron chi connectivity index (χ2n) is 5.40. The van der Waals surface area contributed by atoms with Crippen LogP contribution in [0.5, 0.6) is 5.75 Å². The normalized spacial score (nSPS) is 11.4. The number of benzene rings is 2. The Labute approximate surface area is 155 Å². The lowest BCUT2D eigenvalue weighted by Crippen LogP contribution is -2.12. The molecule has 0 fully saturated rings. The van der Waals surface area contributed by atoms with Crippen molar-refractivity contribution in [1.82, 2.24) is 20.3 Å². The Morgan fingerprint density at radius 2 is 1.96 bits per heavy atom. The van der Waals surface area contributed by atoms with Crippen molar-refractivity contribution in [1.29, 1.82) is 5.26 Å². The van der Waals surface area contributed by atoms with Crippen molar-refractivity contribution < 1.29 is 4.74 Å². The molecule has 0 amide bonds. The topological polar surface area (TPSA) is 88.1 Å². The van der Waals surface area contributed by atoms with Crippen molar-refractivity contribution in [3.8, 4) is 17.6 Å². The molecule has 0 saturated heterocycles. The number of rotatable bonds is 4. The van der Waals surface area contributed by atoms with Gasteiger partial charge in [0.15, 0.2) is 11.4 Å². The predicted octanol–water partition coefficient (Wildman–Crippen LogP) is 3.55. The fourth-order valence-electron chi connectivity index (χ4n) is 2.42. The minimum absolute atomic E-state index is 0.536. The zero-order valence-electron chi connectivity index (χ0n) is 14.7. The van der Waals surface area contributed by atoms with Crippen LogP contribution in [0.4, 0.5) is 5.69 Å². The standard InChI is InChI=1S/C18H18N6OS/c1-4-25-14-7-5-13(6-8-14)24-22-16-9-12(2)15(10-17(16)23-24)21-18(26-3)20-11-19/h5-10H,4H2,1-3H3,(H,20,21). The molecule has 132 valence electrons. The van der Waals surface area contributed by atoms with Crippen LogP contribution in [0.2, 0.25) is 0 Å². The lowest BCUT2D eigenvalue weighted by molar-refractivity contribution is 0.340. The van der Waals surface area contributed by atoms with Crippen molar-refractivity contribution in [2.24, 2.45) is 4.99 Å². The predicted molar refractivity (Wildman–Crippen MR) is 104 cm³/mol. The first-order valence-corrected chi connectivity index (χ1v) is 9.25. The van der Waals surface area contributed by atoms with Crippen LogP contribution < -0.4 is 10.1 Å². The second-order valence-corrected chi connectivity index (χ2v) is 6.20. The molecule has 8 heteroatoms. The minimum atomic E-state index is 0.536. The number of hydrogen-bond acceptors (Lipinski definition) is 6. The molecule has 0 atom stereocenters. The SMILES string of the molecule is CCOc1ccc(-n2nc3cc(C)c(N=C(NC#N)SC)cc3n2)cc1. The molecule has 0 saturated carbocycles. The highest BCUT2D eigenvalue weighted by molar-refractivity contribution is 8.13. The van der Waals surface area contributed by atoms with Crippen molar-refractivity contribution >= 4 is 33.7 Å². The van der Waals surface area contributed by atoms with Crippen LogP contribution in [0.3, 0.4) is 0 Å². The summed E-state index contributed by atoms with van der Waals surface area (Å²) in [4.78, 5) is 6.08. The number of hydrogen-bond donors (Lipinski definition) is 1. The second kappa shape index (κ2) is 7.89. The van der Waals surface area contributed by atoms with Gasteiger partial charge in [0, 0.05) is 0 Å². The number of nitrogens with one attached hydrogen (secondary N) is 1. The van der Waals surface area contributed by atoms with Gasteiger partial charge in [-0.15, -0.1) is 10.2 Å². The largest absolute Gasteiger partial charge is 0.494 e. The van der Waals surface area contributed by atoms with Gasteiger partial charge < -0.3 is 4.74 Å². The van der Waals surface area contributed by atoms with Gasteiger partial charge in [-0.3, -0.25) is 5.32 Å². The number of aliphatic imine (C=N–C) groups is 1. The molecule has 0 spiro atoms. The summed E-state index contributed by atoms with van der Waals surface area (Å²) in [5, 5.41) is 21.0. The lowest BCUT2D eigenvalue weighted by atomic mass is 10.2. The average Bonchev–Trinajstić information content (AvgIpc) is 3.05. The van der Waals surface area contributed by atoms with E-state index in [-0.39, 0.29) is 0 Å². The van der Waals surface area contributed by atoms with Crippen LogP contribution in [-0.2, 0) is 0 Å². The Morgan fingerprint density at radius 3 is 2.58 bits per heavy atom. The number of thioether (sulfide) groups is 1. The van der Waals surface area contributed by atoms with Gasteiger partial charge in [-0.25, -0.2) is 4.99 Å². The first-order chi connectivity index (χ1) is 12.6. The fraction of sp³-hybridized carbons (Fsp3) is 0.222. The smallest absolute Gasteiger partial charge is 0.183 e. The maximum absolute atomic E-state index is 8.78. The van der Waals surface area contributed by atoms with Crippen LogP contribution in [0.15, 0.2) is 41.4 Å². The molecule has 1 N–H and O–H groups in total. The monoisotopic (exact) mass is 366 g/mol. The Hall–Kier alpha value is -3.05. The minimum Gasteiger partial charge on any atom is -0.494 e. The van der Waals surface area contributed by atoms with Crippen LogP contribution in [0.1, 0.15) is 12.5 Å². The number of aryl methyl sites for hydroxylation is 1. The quantitative estimate of drug-likeness (QED) is 0.329. The van der Waals surface area contributed by atoms with Crippen LogP contribution in [-0.4, -0.2) is 33.0 Å². The number of ether oxygens (including phenoxy) is 1. The third kappa shape index (κ3) is 3.78. The maximum atomic E-state index is 8.78. The van der Waals surface area contributed by atoms with Gasteiger partial charge in [-0.05, 0) is 62.1 Å². The van der Waals surface area contributed by atoms with E-state index in [0.717, 1.165) is 33.7 Å². The highest BCUT2D eigenvalue weighted by Crippen LogP contribution is 2.25. The first-order valence-electron chi connectivity index (χ1n) is 8.03. The summed E-state index contributed by atoms with van der Waals surface area (Å²) in [6, 6.07) is 11.4. The number of aromatic nitrogens is 3. The van der Waals surface area contributed by atoms with Crippen molar-refractivity contribution in [2.45, 2.75) is 13.8 Å². The van der Waals surface area contributed by atoms with Gasteiger partial charge in [0.25, 0.3) is 0 Å². The number of nitrogens with zero attached hydrogens (tertiary/aromatic N) is 5. The van der Waals surface area contributed by atoms with Gasteiger partial charge in [0.1, 0.15) is 16.8 Å². The van der Waals surface area contributed by atoms with E-state index in [4.69, 9.17) is 10.00 Å². The van der Waals surface area contributed by atoms with E-state index in [1.807, 2.05) is 62.7 Å². The van der Waals surface area contributed by atoms with E-state index in [1.165, 1.54) is 11.8 Å². The fourth-order valence-corrected chi connectivity index (χ4v) is 2.75. The maximum Gasteiger partial charge on any atom is 0.183 e. The molecule has 2 aromatic carbocycles. The summed E-state index contributed by atoms with van der Waals surface area (Å²) in [5.74, 6) is 0.815. The molecule has 0 aliphatic rings. The zero-order chi connectivity index (χ0) is 18.5. The summed E-state index contributed by atoms with van der Waals surface area (Å²) in [7, 11) is 0. The van der Waals surface area contributed by atoms with Crippen LogP contribution in [0.25, 0.3) is 16.7 Å². The number of nitriles is 1. The van der Waals surface area contributed by atoms with E-state index in [1.54, 1.807) is 4.80 Å². The van der Waals surface area contributed by atoms with Crippen molar-refractivity contribution in [3.05, 3.63) is 42.0 Å². The highest BCUT2D eigenvalue weighted by Gasteiger charge is 2.09. The molecule has 7 nitrogen and oxygen atoms in total. The summed E-state index contributed by atoms with van der Waals surface area (Å²) >= 11 is 1.37. The van der Waals surface area contributed by atoms with E-state index < -0.39 is 0 Å². The summed E-state index contributed by atoms with van der Waals surface area (Å²) < 4.78 is 5.46. The van der Waals surface area contributed by atoms with E-state index in [0.29, 0.717) is 11.8 Å². The molecule has 1 heterocycles. The third-order valence-electron chi connectivity index (χ3n) is 3.65. The third-order valence-corrected chi connectivity index (χ3v) is 4.23. The Kier molecular flexibility index (Phi) is 5.39. The molecular formula is C18H18N6OS. The van der Waals surface area contributed by atoms with Crippen molar-refractivity contribution in [3.63, 3.8) is 0 Å². The van der Waals surface area contributed by atoms with Crippen molar-refractivity contribution in [2.75, 3.05) is 12.9 Å². The zero-order valence-corrected chi connectivity index (χ0v) is 15.5. The van der Waals surface area contributed by atoms with Gasteiger partial charge in [-0.2, -0.15) is 10.1 Å². The van der Waals surface area contributed by atoms with Gasteiger partial charge >= 0.3 is 0 Å². The van der Waals surface area contributed by atoms with Crippen LogP contribution in [0, 0.1) is 18.4 Å². The molecule has 26 heavy (non-hydrogen) atoms. The van der Waals surface area contributed by atoms with E-state index >= 15 is 0 Å². The Bertz CT molecular complexity index is 987. The molecule has 1 aromatic heterocycles. The number of fused-ring (bicyclic) bond motifs is 1. The van der Waals surface area contributed by atoms with E-state index in [2.05, 4.69) is 20.5 Å². The molecular weight excluding hydrogens is 348 g/mol. The lowest BCUT2D eigenvalue weighted by Gasteiger charge is -2.03. The Balaban J connectivity index is 1.97. The summed E-state index contributed by atoms with van der Waals surface area (Å²) in [6.07, 6.45) is 3.75. The highest BCUT2D eigenvalue weighted by atomic mass is 32.2. The van der Waals surface area contributed by atoms with Crippen LogP contribution >= 0.6 is 11.8 Å². The van der Waals surface area contributed by atoms with E-state index in [9.17, 15) is 0 Å². The average molecular weight is 366 g/mol. The Morgan fingerprint density at radius 1 is 1.27 bits per heavy atom. The molecule has 0 aliphatic heterocycles. The van der Waals surface area contributed by atoms with Gasteiger partial charge in [0.05, 0.1) is 18.0 Å². The molecule has 0 aliphatic carbocycles. The summed E-state index contributed by atoms with van der Waals surface area (Å²) in [5.41, 5.74) is 4.09. The molecule has 0 bridgehead atoms. The van der Waals surface area contributed by atoms with Gasteiger partial charge in [0.2, 0.25) is 0 Å².